The van der Waals surface area contributed by atoms with Gasteiger partial charge in [-0.15, -0.1) is 0 Å². The molecular weight excluding hydrogens is 293 g/mol. The molecule has 1 atom stereocenters. The molecule has 1 aromatic carbocycles. The highest BCUT2D eigenvalue weighted by molar-refractivity contribution is 9.10. The Balaban J connectivity index is 2.70. The number of benzene rings is 1. The number of hydrogen-bond acceptors (Lipinski definition) is 2. The zero-order chi connectivity index (χ0) is 12.3. The summed E-state index contributed by atoms with van der Waals surface area (Å²) in [4.78, 5) is 0. The van der Waals surface area contributed by atoms with Crippen LogP contribution in [0.25, 0.3) is 0 Å². The Bertz CT molecular complexity index is 403. The van der Waals surface area contributed by atoms with Crippen molar-refractivity contribution in [1.82, 2.24) is 0 Å². The van der Waals surface area contributed by atoms with Gasteiger partial charge in [0.25, 0.3) is 0 Å². The first-order valence-corrected chi connectivity index (χ1v) is 7.14. The highest BCUT2D eigenvalue weighted by atomic mass is 79.9. The van der Waals surface area contributed by atoms with E-state index >= 15 is 0 Å². The summed E-state index contributed by atoms with van der Waals surface area (Å²) in [6.45, 7) is 3.62. The molecule has 0 spiro atoms. The lowest BCUT2D eigenvalue weighted by atomic mass is 10.1. The van der Waals surface area contributed by atoms with Gasteiger partial charge >= 0.3 is 0 Å². The van der Waals surface area contributed by atoms with Gasteiger partial charge in [0.05, 0.1) is 5.75 Å². The van der Waals surface area contributed by atoms with E-state index in [4.69, 9.17) is 5.73 Å². The van der Waals surface area contributed by atoms with Crippen LogP contribution in [0.5, 0.6) is 0 Å². The molecule has 0 heterocycles. The molecule has 0 aliphatic heterocycles. The van der Waals surface area contributed by atoms with Crippen LogP contribution < -0.4 is 5.73 Å². The molecule has 1 aromatic rings. The van der Waals surface area contributed by atoms with Crippen molar-refractivity contribution in [2.75, 3.05) is 5.75 Å². The molecule has 0 saturated carbocycles. The van der Waals surface area contributed by atoms with Crippen LogP contribution in [0.3, 0.4) is 0 Å². The molecule has 2 nitrogen and oxygen atoms in total. The van der Waals surface area contributed by atoms with Crippen LogP contribution in [0, 0.1) is 5.82 Å². The summed E-state index contributed by atoms with van der Waals surface area (Å²) in [5, 5.41) is 0. The van der Waals surface area contributed by atoms with Gasteiger partial charge in [0.15, 0.2) is 0 Å². The number of nitrogens with two attached hydrogens (primary N) is 1. The van der Waals surface area contributed by atoms with Crippen LogP contribution in [0.4, 0.5) is 4.39 Å². The van der Waals surface area contributed by atoms with Crippen LogP contribution >= 0.6 is 15.9 Å². The monoisotopic (exact) mass is 307 g/mol. The normalized spacial score (nSPS) is 13.8. The van der Waals surface area contributed by atoms with Crippen LogP contribution in [0.15, 0.2) is 22.7 Å². The second-order valence-electron chi connectivity index (χ2n) is 4.45. The molecule has 0 aliphatic rings. The summed E-state index contributed by atoms with van der Waals surface area (Å²) in [6.07, 6.45) is 0. The average Bonchev–Trinajstić information content (AvgIpc) is 2.06. The minimum Gasteiger partial charge on any atom is -0.325 e. The van der Waals surface area contributed by atoms with Crippen molar-refractivity contribution in [3.8, 4) is 0 Å². The van der Waals surface area contributed by atoms with Gasteiger partial charge in [0.2, 0.25) is 0 Å². The molecule has 0 amide bonds. The van der Waals surface area contributed by atoms with Crippen molar-refractivity contribution in [3.05, 3.63) is 34.1 Å². The van der Waals surface area contributed by atoms with Gasteiger partial charge in [-0.05, 0) is 26.0 Å². The van der Waals surface area contributed by atoms with E-state index in [-0.39, 0.29) is 11.6 Å². The summed E-state index contributed by atoms with van der Waals surface area (Å²) < 4.78 is 25.8. The zero-order valence-corrected chi connectivity index (χ0v) is 11.7. The summed E-state index contributed by atoms with van der Waals surface area (Å²) in [6, 6.07) is 4.75. The molecule has 0 saturated heterocycles. The lowest BCUT2D eigenvalue weighted by Crippen LogP contribution is -2.38. The first-order chi connectivity index (χ1) is 7.28. The van der Waals surface area contributed by atoms with Gasteiger partial charge in [-0.1, -0.05) is 22.0 Å². The van der Waals surface area contributed by atoms with E-state index in [0.717, 1.165) is 0 Å². The Kier molecular flexibility index (Phi) is 4.64. The van der Waals surface area contributed by atoms with Crippen LogP contribution in [0.2, 0.25) is 0 Å². The van der Waals surface area contributed by atoms with E-state index in [2.05, 4.69) is 15.9 Å². The molecule has 0 bridgehead atoms. The van der Waals surface area contributed by atoms with Crippen molar-refractivity contribution in [3.63, 3.8) is 0 Å². The van der Waals surface area contributed by atoms with Gasteiger partial charge in [-0.3, -0.25) is 4.21 Å². The zero-order valence-electron chi connectivity index (χ0n) is 9.30. The second kappa shape index (κ2) is 5.38. The SMILES string of the molecule is CC(C)(N)CS(=O)Cc1ccc(Br)cc1F. The second-order valence-corrected chi connectivity index (χ2v) is 6.83. The summed E-state index contributed by atoms with van der Waals surface area (Å²) in [7, 11) is -1.14. The maximum absolute atomic E-state index is 13.4. The molecular formula is C11H15BrFNOS. The lowest BCUT2D eigenvalue weighted by molar-refractivity contribution is 0.576. The summed E-state index contributed by atoms with van der Waals surface area (Å²) >= 11 is 3.18. The topological polar surface area (TPSA) is 43.1 Å². The summed E-state index contributed by atoms with van der Waals surface area (Å²) in [5.41, 5.74) is 5.73. The quantitative estimate of drug-likeness (QED) is 0.929. The Hall–Kier alpha value is -0.260. The third kappa shape index (κ3) is 4.72. The number of hydrogen-bond donors (Lipinski definition) is 1. The predicted octanol–water partition coefficient (Wildman–Crippen LogP) is 2.57. The Morgan fingerprint density at radius 3 is 2.62 bits per heavy atom. The van der Waals surface area contributed by atoms with Crippen LogP contribution in [-0.4, -0.2) is 15.5 Å². The molecule has 0 aliphatic carbocycles. The van der Waals surface area contributed by atoms with E-state index in [0.29, 0.717) is 15.8 Å². The number of rotatable bonds is 4. The van der Waals surface area contributed by atoms with Crippen molar-refractivity contribution in [2.24, 2.45) is 5.73 Å². The van der Waals surface area contributed by atoms with Gasteiger partial charge in [-0.2, -0.15) is 0 Å². The number of halogens is 2. The first-order valence-electron chi connectivity index (χ1n) is 4.86. The Morgan fingerprint density at radius 1 is 1.50 bits per heavy atom. The van der Waals surface area contributed by atoms with E-state index in [1.54, 1.807) is 12.1 Å². The highest BCUT2D eigenvalue weighted by Gasteiger charge is 2.16. The molecule has 1 unspecified atom stereocenters. The molecule has 2 N–H and O–H groups in total. The molecule has 16 heavy (non-hydrogen) atoms. The molecule has 0 fully saturated rings. The van der Waals surface area contributed by atoms with Crippen molar-refractivity contribution < 1.29 is 8.60 Å². The maximum atomic E-state index is 13.4. The highest BCUT2D eigenvalue weighted by Crippen LogP contribution is 2.17. The fourth-order valence-electron chi connectivity index (χ4n) is 1.28. The fraction of sp³-hybridized carbons (Fsp3) is 0.455. The Morgan fingerprint density at radius 2 is 2.12 bits per heavy atom. The third-order valence-corrected chi connectivity index (χ3v) is 4.06. The molecule has 0 radical (unpaired) electrons. The Labute approximate surface area is 106 Å². The van der Waals surface area contributed by atoms with E-state index in [1.165, 1.54) is 6.07 Å². The minimum atomic E-state index is -1.14. The first kappa shape index (κ1) is 13.8. The van der Waals surface area contributed by atoms with Crippen molar-refractivity contribution in [1.29, 1.82) is 0 Å². The largest absolute Gasteiger partial charge is 0.325 e. The van der Waals surface area contributed by atoms with Crippen molar-refractivity contribution in [2.45, 2.75) is 25.1 Å². The van der Waals surface area contributed by atoms with E-state index in [1.807, 2.05) is 13.8 Å². The molecule has 90 valence electrons. The van der Waals surface area contributed by atoms with E-state index < -0.39 is 16.3 Å². The van der Waals surface area contributed by atoms with Gasteiger partial charge in [-0.25, -0.2) is 4.39 Å². The van der Waals surface area contributed by atoms with Gasteiger partial charge in [0, 0.05) is 32.1 Å². The molecule has 5 heteroatoms. The lowest BCUT2D eigenvalue weighted by Gasteiger charge is -2.17. The van der Waals surface area contributed by atoms with Crippen LogP contribution in [-0.2, 0) is 16.6 Å². The third-order valence-electron chi connectivity index (χ3n) is 1.86. The smallest absolute Gasteiger partial charge is 0.128 e. The van der Waals surface area contributed by atoms with Gasteiger partial charge in [0.1, 0.15) is 5.82 Å². The minimum absolute atomic E-state index is 0.208. The van der Waals surface area contributed by atoms with Crippen molar-refractivity contribution >= 4 is 26.7 Å². The predicted molar refractivity (Wildman–Crippen MR) is 69.1 cm³/mol. The fourth-order valence-corrected chi connectivity index (χ4v) is 3.12. The molecule has 0 aromatic heterocycles. The standard InChI is InChI=1S/C11H15BrFNOS/c1-11(2,14)7-16(15)6-8-3-4-9(12)5-10(8)13/h3-5H,6-7,14H2,1-2H3. The van der Waals surface area contributed by atoms with Gasteiger partial charge < -0.3 is 5.73 Å². The average molecular weight is 308 g/mol. The summed E-state index contributed by atoms with van der Waals surface area (Å²) in [5.74, 6) is 0.236. The maximum Gasteiger partial charge on any atom is 0.128 e. The van der Waals surface area contributed by atoms with E-state index in [9.17, 15) is 8.60 Å². The van der Waals surface area contributed by atoms with Crippen LogP contribution in [0.1, 0.15) is 19.4 Å². The molecule has 1 rings (SSSR count).